The van der Waals surface area contributed by atoms with E-state index in [1.54, 1.807) is 24.3 Å². The standard InChI is InChI=1S/C11H16N2O2/c1-13(8-9-14)11(15)3-2-10-4-6-12-7-5-10/h4-7,14H,2-3,8-9H2,1H3. The van der Waals surface area contributed by atoms with E-state index < -0.39 is 0 Å². The van der Waals surface area contributed by atoms with Crippen molar-refractivity contribution in [3.63, 3.8) is 0 Å². The summed E-state index contributed by atoms with van der Waals surface area (Å²) in [6.07, 6.45) is 4.63. The quantitative estimate of drug-likeness (QED) is 0.765. The summed E-state index contributed by atoms with van der Waals surface area (Å²) in [6, 6.07) is 3.80. The van der Waals surface area contributed by atoms with Gasteiger partial charge in [-0.2, -0.15) is 0 Å². The van der Waals surface area contributed by atoms with E-state index in [-0.39, 0.29) is 12.5 Å². The summed E-state index contributed by atoms with van der Waals surface area (Å²) in [5.41, 5.74) is 1.11. The average molecular weight is 208 g/mol. The van der Waals surface area contributed by atoms with Crippen LogP contribution in [0.15, 0.2) is 24.5 Å². The first-order valence-corrected chi connectivity index (χ1v) is 4.97. The monoisotopic (exact) mass is 208 g/mol. The molecule has 1 N–H and O–H groups in total. The SMILES string of the molecule is CN(CCO)C(=O)CCc1ccncc1. The van der Waals surface area contributed by atoms with Gasteiger partial charge in [0, 0.05) is 32.4 Å². The van der Waals surface area contributed by atoms with E-state index in [0.29, 0.717) is 13.0 Å². The van der Waals surface area contributed by atoms with Gasteiger partial charge in [-0.25, -0.2) is 0 Å². The van der Waals surface area contributed by atoms with E-state index >= 15 is 0 Å². The second-order valence-electron chi connectivity index (χ2n) is 3.39. The van der Waals surface area contributed by atoms with Gasteiger partial charge in [0.1, 0.15) is 0 Å². The molecule has 0 fully saturated rings. The molecule has 1 aromatic rings. The second-order valence-corrected chi connectivity index (χ2v) is 3.39. The Morgan fingerprint density at radius 1 is 1.47 bits per heavy atom. The summed E-state index contributed by atoms with van der Waals surface area (Å²) in [4.78, 5) is 17.0. The van der Waals surface area contributed by atoms with E-state index in [2.05, 4.69) is 4.98 Å². The third kappa shape index (κ3) is 4.08. The van der Waals surface area contributed by atoms with Crippen LogP contribution < -0.4 is 0 Å². The molecule has 4 nitrogen and oxygen atoms in total. The number of hydrogen-bond donors (Lipinski definition) is 1. The molecule has 1 heterocycles. The number of amides is 1. The third-order valence-electron chi connectivity index (χ3n) is 2.24. The van der Waals surface area contributed by atoms with E-state index in [0.717, 1.165) is 12.0 Å². The number of carbonyl (C=O) groups excluding carboxylic acids is 1. The van der Waals surface area contributed by atoms with Gasteiger partial charge in [-0.1, -0.05) is 0 Å². The number of likely N-dealkylation sites (N-methyl/N-ethyl adjacent to an activating group) is 1. The molecule has 1 rings (SSSR count). The number of aromatic nitrogens is 1. The number of aliphatic hydroxyl groups excluding tert-OH is 1. The van der Waals surface area contributed by atoms with Gasteiger partial charge >= 0.3 is 0 Å². The number of rotatable bonds is 5. The van der Waals surface area contributed by atoms with Gasteiger partial charge in [0.05, 0.1) is 6.61 Å². The van der Waals surface area contributed by atoms with Crippen LogP contribution in [0.1, 0.15) is 12.0 Å². The normalized spacial score (nSPS) is 10.0. The fourth-order valence-corrected chi connectivity index (χ4v) is 1.27. The highest BCUT2D eigenvalue weighted by Crippen LogP contribution is 2.02. The smallest absolute Gasteiger partial charge is 0.222 e. The fourth-order valence-electron chi connectivity index (χ4n) is 1.27. The van der Waals surface area contributed by atoms with Crippen LogP contribution >= 0.6 is 0 Å². The number of carbonyl (C=O) groups is 1. The molecular formula is C11H16N2O2. The van der Waals surface area contributed by atoms with Crippen LogP contribution in [0.5, 0.6) is 0 Å². The highest BCUT2D eigenvalue weighted by molar-refractivity contribution is 5.76. The maximum absolute atomic E-state index is 11.5. The summed E-state index contributed by atoms with van der Waals surface area (Å²) in [7, 11) is 1.70. The van der Waals surface area contributed by atoms with Crippen molar-refractivity contribution in [3.8, 4) is 0 Å². The number of aryl methyl sites for hydroxylation is 1. The number of nitrogens with zero attached hydrogens (tertiary/aromatic N) is 2. The van der Waals surface area contributed by atoms with Crippen molar-refractivity contribution < 1.29 is 9.90 Å². The summed E-state index contributed by atoms with van der Waals surface area (Å²) in [6.45, 7) is 0.409. The minimum Gasteiger partial charge on any atom is -0.395 e. The maximum atomic E-state index is 11.5. The lowest BCUT2D eigenvalue weighted by Crippen LogP contribution is -2.29. The average Bonchev–Trinajstić information content (AvgIpc) is 2.27. The van der Waals surface area contributed by atoms with Crippen molar-refractivity contribution in [2.24, 2.45) is 0 Å². The minimum absolute atomic E-state index is 0.0114. The molecule has 0 bridgehead atoms. The topological polar surface area (TPSA) is 53.4 Å². The largest absolute Gasteiger partial charge is 0.395 e. The molecular weight excluding hydrogens is 192 g/mol. The first-order valence-electron chi connectivity index (χ1n) is 4.97. The number of hydrogen-bond acceptors (Lipinski definition) is 3. The highest BCUT2D eigenvalue weighted by atomic mass is 16.3. The summed E-state index contributed by atoms with van der Waals surface area (Å²) in [5.74, 6) is 0.0564. The van der Waals surface area contributed by atoms with Gasteiger partial charge in [-0.15, -0.1) is 0 Å². The molecule has 4 heteroatoms. The lowest BCUT2D eigenvalue weighted by Gasteiger charge is -2.15. The van der Waals surface area contributed by atoms with Crippen LogP contribution in [0.4, 0.5) is 0 Å². The first-order chi connectivity index (χ1) is 7.24. The van der Waals surface area contributed by atoms with E-state index in [4.69, 9.17) is 5.11 Å². The molecule has 0 saturated carbocycles. The maximum Gasteiger partial charge on any atom is 0.222 e. The molecule has 82 valence electrons. The molecule has 0 aliphatic carbocycles. The molecule has 0 saturated heterocycles. The molecule has 0 unspecified atom stereocenters. The highest BCUT2D eigenvalue weighted by Gasteiger charge is 2.07. The van der Waals surface area contributed by atoms with Crippen molar-refractivity contribution in [3.05, 3.63) is 30.1 Å². The summed E-state index contributed by atoms with van der Waals surface area (Å²) >= 11 is 0. The van der Waals surface area contributed by atoms with Crippen molar-refractivity contribution in [2.75, 3.05) is 20.2 Å². The van der Waals surface area contributed by atoms with Crippen molar-refractivity contribution in [1.29, 1.82) is 0 Å². The van der Waals surface area contributed by atoms with Gasteiger partial charge in [-0.05, 0) is 24.1 Å². The van der Waals surface area contributed by atoms with Crippen LogP contribution in [0.3, 0.4) is 0 Å². The Kier molecular flexibility index (Phi) is 4.77. The summed E-state index contributed by atoms with van der Waals surface area (Å²) in [5, 5.41) is 8.67. The Morgan fingerprint density at radius 2 is 2.13 bits per heavy atom. The van der Waals surface area contributed by atoms with Crippen molar-refractivity contribution in [1.82, 2.24) is 9.88 Å². The van der Waals surface area contributed by atoms with E-state index in [9.17, 15) is 4.79 Å². The number of aliphatic hydroxyl groups is 1. The van der Waals surface area contributed by atoms with Crippen molar-refractivity contribution >= 4 is 5.91 Å². The summed E-state index contributed by atoms with van der Waals surface area (Å²) < 4.78 is 0. The van der Waals surface area contributed by atoms with E-state index in [1.807, 2.05) is 12.1 Å². The fraction of sp³-hybridized carbons (Fsp3) is 0.455. The van der Waals surface area contributed by atoms with Gasteiger partial charge in [-0.3, -0.25) is 9.78 Å². The molecule has 0 atom stereocenters. The van der Waals surface area contributed by atoms with Crippen LogP contribution in [-0.4, -0.2) is 41.1 Å². The lowest BCUT2D eigenvalue weighted by atomic mass is 10.1. The lowest BCUT2D eigenvalue weighted by molar-refractivity contribution is -0.130. The predicted octanol–water partition coefficient (Wildman–Crippen LogP) is 0.465. The zero-order valence-electron chi connectivity index (χ0n) is 8.89. The molecule has 0 radical (unpaired) electrons. The molecule has 0 aromatic carbocycles. The van der Waals surface area contributed by atoms with Crippen LogP contribution in [0.2, 0.25) is 0 Å². The predicted molar refractivity (Wildman–Crippen MR) is 57.3 cm³/mol. The van der Waals surface area contributed by atoms with Crippen LogP contribution in [0, 0.1) is 0 Å². The van der Waals surface area contributed by atoms with Gasteiger partial charge in [0.25, 0.3) is 0 Å². The molecule has 0 spiro atoms. The van der Waals surface area contributed by atoms with E-state index in [1.165, 1.54) is 0 Å². The molecule has 0 aliphatic heterocycles. The Labute approximate surface area is 89.6 Å². The van der Waals surface area contributed by atoms with Gasteiger partial charge in [0.15, 0.2) is 0 Å². The Hall–Kier alpha value is -1.42. The van der Waals surface area contributed by atoms with Crippen LogP contribution in [0.25, 0.3) is 0 Å². The zero-order chi connectivity index (χ0) is 11.1. The minimum atomic E-state index is 0.0114. The van der Waals surface area contributed by atoms with Gasteiger partial charge < -0.3 is 10.0 Å². The Balaban J connectivity index is 2.34. The Morgan fingerprint density at radius 3 is 2.73 bits per heavy atom. The third-order valence-corrected chi connectivity index (χ3v) is 2.24. The zero-order valence-corrected chi connectivity index (χ0v) is 8.89. The molecule has 0 aliphatic rings. The van der Waals surface area contributed by atoms with Crippen LogP contribution in [-0.2, 0) is 11.2 Å². The number of pyridine rings is 1. The first kappa shape index (κ1) is 11.7. The molecule has 15 heavy (non-hydrogen) atoms. The molecule has 1 amide bonds. The second kappa shape index (κ2) is 6.14. The molecule has 1 aromatic heterocycles. The Bertz CT molecular complexity index is 301. The van der Waals surface area contributed by atoms with Gasteiger partial charge in [0.2, 0.25) is 5.91 Å². The van der Waals surface area contributed by atoms with Crippen molar-refractivity contribution in [2.45, 2.75) is 12.8 Å².